The maximum absolute atomic E-state index is 12.7. The van der Waals surface area contributed by atoms with Gasteiger partial charge >= 0.3 is 0 Å². The van der Waals surface area contributed by atoms with E-state index in [1.165, 1.54) is 10.5 Å². The van der Waals surface area contributed by atoms with Crippen LogP contribution >= 0.6 is 35.0 Å². The second-order valence-electron chi connectivity index (χ2n) is 6.75. The number of carbonyl (C=O) groups excluding carboxylic acids is 2. The van der Waals surface area contributed by atoms with Gasteiger partial charge in [-0.1, -0.05) is 53.5 Å². The molecule has 0 aliphatic carbocycles. The minimum absolute atomic E-state index is 0.254. The van der Waals surface area contributed by atoms with Gasteiger partial charge in [-0.3, -0.25) is 14.5 Å². The summed E-state index contributed by atoms with van der Waals surface area (Å²) in [5.41, 5.74) is 1.96. The second kappa shape index (κ2) is 9.13. The Labute approximate surface area is 188 Å². The number of hydrogen-bond donors (Lipinski definition) is 0. The van der Waals surface area contributed by atoms with Crippen molar-refractivity contribution >= 4 is 52.2 Å². The van der Waals surface area contributed by atoms with Crippen LogP contribution in [0, 0.1) is 0 Å². The van der Waals surface area contributed by atoms with E-state index in [2.05, 4.69) is 0 Å². The number of hydrogen-bond acceptors (Lipinski definition) is 4. The summed E-state index contributed by atoms with van der Waals surface area (Å²) in [6.45, 7) is 0.392. The fraction of sp³-hybridized carbons (Fsp3) is 0.130. The zero-order valence-electron chi connectivity index (χ0n) is 15.8. The Morgan fingerprint density at radius 3 is 2.53 bits per heavy atom. The maximum atomic E-state index is 12.7. The van der Waals surface area contributed by atoms with Gasteiger partial charge in [0.05, 0.1) is 15.0 Å². The molecule has 1 saturated heterocycles. The van der Waals surface area contributed by atoms with Crippen molar-refractivity contribution in [2.75, 3.05) is 6.54 Å². The first-order valence-corrected chi connectivity index (χ1v) is 10.9. The van der Waals surface area contributed by atoms with Crippen molar-refractivity contribution in [3.8, 4) is 11.3 Å². The van der Waals surface area contributed by atoms with Crippen LogP contribution < -0.4 is 0 Å². The van der Waals surface area contributed by atoms with Gasteiger partial charge < -0.3 is 4.42 Å². The second-order valence-corrected chi connectivity index (χ2v) is 8.56. The highest BCUT2D eigenvalue weighted by molar-refractivity contribution is 8.18. The van der Waals surface area contributed by atoms with E-state index in [9.17, 15) is 9.59 Å². The minimum Gasteiger partial charge on any atom is -0.457 e. The van der Waals surface area contributed by atoms with Gasteiger partial charge in [-0.25, -0.2) is 0 Å². The number of amides is 2. The van der Waals surface area contributed by atoms with Gasteiger partial charge in [0.15, 0.2) is 0 Å². The van der Waals surface area contributed by atoms with Crippen LogP contribution in [0.4, 0.5) is 4.79 Å². The number of aryl methyl sites for hydroxylation is 1. The number of rotatable bonds is 6. The molecule has 7 heteroatoms. The molecular weight excluding hydrogens is 441 g/mol. The monoisotopic (exact) mass is 457 g/mol. The van der Waals surface area contributed by atoms with E-state index in [-0.39, 0.29) is 11.1 Å². The first kappa shape index (κ1) is 20.8. The molecule has 0 radical (unpaired) electrons. The topological polar surface area (TPSA) is 50.5 Å². The minimum atomic E-state index is -0.287. The third-order valence-electron chi connectivity index (χ3n) is 4.67. The number of imide groups is 1. The molecule has 2 amide bonds. The first-order valence-electron chi connectivity index (χ1n) is 9.36. The summed E-state index contributed by atoms with van der Waals surface area (Å²) >= 11 is 12.9. The Kier molecular flexibility index (Phi) is 6.32. The molecule has 1 aromatic heterocycles. The van der Waals surface area contributed by atoms with E-state index in [1.807, 2.05) is 30.3 Å². The summed E-state index contributed by atoms with van der Waals surface area (Å²) < 4.78 is 5.81. The molecule has 0 atom stereocenters. The maximum Gasteiger partial charge on any atom is 0.293 e. The molecular formula is C23H17Cl2NO3S. The highest BCUT2D eigenvalue weighted by atomic mass is 35.5. The van der Waals surface area contributed by atoms with E-state index in [1.54, 1.807) is 36.4 Å². The molecule has 0 N–H and O–H groups in total. The Bertz CT molecular complexity index is 1120. The summed E-state index contributed by atoms with van der Waals surface area (Å²) in [6, 6.07) is 18.8. The Hall–Kier alpha value is -2.47. The average Bonchev–Trinajstić information content (AvgIpc) is 3.31. The summed E-state index contributed by atoms with van der Waals surface area (Å²) in [5, 5.41) is 0.646. The largest absolute Gasteiger partial charge is 0.457 e. The third kappa shape index (κ3) is 4.64. The zero-order chi connectivity index (χ0) is 21.1. The molecule has 1 aliphatic heterocycles. The lowest BCUT2D eigenvalue weighted by molar-refractivity contribution is -0.122. The van der Waals surface area contributed by atoms with Gasteiger partial charge in [-0.2, -0.15) is 0 Å². The van der Waals surface area contributed by atoms with Crippen LogP contribution in [0.2, 0.25) is 10.0 Å². The van der Waals surface area contributed by atoms with Crippen molar-refractivity contribution in [2.24, 2.45) is 0 Å². The van der Waals surface area contributed by atoms with E-state index in [4.69, 9.17) is 27.6 Å². The van der Waals surface area contributed by atoms with Crippen LogP contribution in [-0.4, -0.2) is 22.6 Å². The standard InChI is InChI=1S/C23H17Cl2NO3S/c24-18-10-8-16(13-19(18)25)20-11-9-17(29-20)14-21-22(27)26(23(28)30-21)12-4-7-15-5-2-1-3-6-15/h1-3,5-6,8-11,13-14H,4,7,12H2/b21-14-. The molecule has 0 saturated carbocycles. The highest BCUT2D eigenvalue weighted by Crippen LogP contribution is 2.34. The predicted octanol–water partition coefficient (Wildman–Crippen LogP) is 6.92. The van der Waals surface area contributed by atoms with Gasteiger partial charge in [0.2, 0.25) is 0 Å². The van der Waals surface area contributed by atoms with Crippen LogP contribution in [0.5, 0.6) is 0 Å². The lowest BCUT2D eigenvalue weighted by atomic mass is 10.1. The van der Waals surface area contributed by atoms with Crippen LogP contribution in [-0.2, 0) is 11.2 Å². The molecule has 0 spiro atoms. The van der Waals surface area contributed by atoms with Crippen LogP contribution in [0.25, 0.3) is 17.4 Å². The smallest absolute Gasteiger partial charge is 0.293 e. The van der Waals surface area contributed by atoms with Gasteiger partial charge in [0, 0.05) is 18.2 Å². The van der Waals surface area contributed by atoms with E-state index in [0.29, 0.717) is 33.0 Å². The first-order chi connectivity index (χ1) is 14.5. The summed E-state index contributed by atoms with van der Waals surface area (Å²) in [7, 11) is 0. The molecule has 4 nitrogen and oxygen atoms in total. The van der Waals surface area contributed by atoms with Crippen LogP contribution in [0.3, 0.4) is 0 Å². The van der Waals surface area contributed by atoms with Gasteiger partial charge in [-0.15, -0.1) is 0 Å². The number of furan rings is 1. The van der Waals surface area contributed by atoms with Gasteiger partial charge in [-0.05, 0) is 60.5 Å². The number of carbonyl (C=O) groups is 2. The van der Waals surface area contributed by atoms with E-state index < -0.39 is 0 Å². The van der Waals surface area contributed by atoms with Gasteiger partial charge in [0.25, 0.3) is 11.1 Å². The molecule has 152 valence electrons. The lowest BCUT2D eigenvalue weighted by Gasteiger charge is -2.11. The van der Waals surface area contributed by atoms with Crippen LogP contribution in [0.1, 0.15) is 17.7 Å². The van der Waals surface area contributed by atoms with E-state index in [0.717, 1.165) is 30.2 Å². The highest BCUT2D eigenvalue weighted by Gasteiger charge is 2.34. The lowest BCUT2D eigenvalue weighted by Crippen LogP contribution is -2.29. The molecule has 4 rings (SSSR count). The van der Waals surface area contributed by atoms with Crippen molar-refractivity contribution in [1.82, 2.24) is 4.90 Å². The molecule has 3 aromatic rings. The summed E-state index contributed by atoms with van der Waals surface area (Å²) in [4.78, 5) is 26.6. The number of nitrogens with zero attached hydrogens (tertiary/aromatic N) is 1. The summed E-state index contributed by atoms with van der Waals surface area (Å²) in [5.74, 6) is 0.804. The van der Waals surface area contributed by atoms with Crippen molar-refractivity contribution in [1.29, 1.82) is 0 Å². The fourth-order valence-corrected chi connectivity index (χ4v) is 4.29. The number of halogens is 2. The third-order valence-corrected chi connectivity index (χ3v) is 6.31. The number of thioether (sulfide) groups is 1. The van der Waals surface area contributed by atoms with Crippen molar-refractivity contribution in [3.05, 3.63) is 86.9 Å². The molecule has 30 heavy (non-hydrogen) atoms. The molecule has 1 fully saturated rings. The molecule has 1 aliphatic rings. The number of benzene rings is 2. The van der Waals surface area contributed by atoms with Crippen LogP contribution in [0.15, 0.2) is 70.0 Å². The fourth-order valence-electron chi connectivity index (χ4n) is 3.14. The quantitative estimate of drug-likeness (QED) is 0.376. The van der Waals surface area contributed by atoms with E-state index >= 15 is 0 Å². The Balaban J connectivity index is 1.43. The predicted molar refractivity (Wildman–Crippen MR) is 122 cm³/mol. The molecule has 2 heterocycles. The average molecular weight is 458 g/mol. The Morgan fingerprint density at radius 1 is 0.967 bits per heavy atom. The molecule has 2 aromatic carbocycles. The SMILES string of the molecule is O=C1S/C(=C\c2ccc(-c3ccc(Cl)c(Cl)c3)o2)C(=O)N1CCCc1ccccc1. The van der Waals surface area contributed by atoms with Crippen molar-refractivity contribution < 1.29 is 14.0 Å². The van der Waals surface area contributed by atoms with Gasteiger partial charge in [0.1, 0.15) is 11.5 Å². The van der Waals surface area contributed by atoms with Crippen molar-refractivity contribution in [2.45, 2.75) is 12.8 Å². The Morgan fingerprint density at radius 2 is 1.77 bits per heavy atom. The summed E-state index contributed by atoms with van der Waals surface area (Å²) in [6.07, 6.45) is 3.13. The zero-order valence-corrected chi connectivity index (χ0v) is 18.1. The molecule has 0 bridgehead atoms. The molecule has 0 unspecified atom stereocenters. The van der Waals surface area contributed by atoms with Crippen molar-refractivity contribution in [3.63, 3.8) is 0 Å². The normalized spacial score (nSPS) is 15.4.